The molecule has 30 heavy (non-hydrogen) atoms. The van der Waals surface area contributed by atoms with E-state index >= 15 is 0 Å². The molecule has 156 valence electrons. The fraction of sp³-hybridized carbons (Fsp3) is 0.174. The Hall–Kier alpha value is -2.83. The van der Waals surface area contributed by atoms with Gasteiger partial charge in [-0.3, -0.25) is 9.52 Å². The molecule has 2 N–H and O–H groups in total. The molecule has 0 saturated heterocycles. The van der Waals surface area contributed by atoms with Gasteiger partial charge in [-0.2, -0.15) is 0 Å². The van der Waals surface area contributed by atoms with Gasteiger partial charge in [-0.15, -0.1) is 0 Å². The first kappa shape index (κ1) is 21.9. The highest BCUT2D eigenvalue weighted by molar-refractivity contribution is 7.92. The second kappa shape index (κ2) is 9.78. The Bertz CT molecular complexity index is 1130. The quantitative estimate of drug-likeness (QED) is 0.491. The Labute approximate surface area is 182 Å². The number of rotatable bonds is 8. The second-order valence-corrected chi connectivity index (χ2v) is 9.04. The molecule has 0 spiro atoms. The van der Waals surface area contributed by atoms with E-state index in [1.807, 2.05) is 31.2 Å². The van der Waals surface area contributed by atoms with Crippen molar-refractivity contribution in [1.82, 2.24) is 5.32 Å². The van der Waals surface area contributed by atoms with Gasteiger partial charge < -0.3 is 5.32 Å². The molecule has 0 bridgehead atoms. The van der Waals surface area contributed by atoms with Crippen LogP contribution in [-0.4, -0.2) is 20.9 Å². The summed E-state index contributed by atoms with van der Waals surface area (Å²) in [5.74, 6) is -0.259. The SMILES string of the molecule is Cc1ccc(S(=O)(=O)Nc2cccc(C(=O)NCCCc3ccccc3Cl)c2)cc1. The third-order valence-corrected chi connectivity index (χ3v) is 6.34. The maximum atomic E-state index is 12.5. The molecular weight excluding hydrogens is 420 g/mol. The van der Waals surface area contributed by atoms with Gasteiger partial charge in [0, 0.05) is 22.8 Å². The lowest BCUT2D eigenvalue weighted by Crippen LogP contribution is -2.25. The van der Waals surface area contributed by atoms with Crippen molar-refractivity contribution in [2.75, 3.05) is 11.3 Å². The Kier molecular flexibility index (Phi) is 7.13. The fourth-order valence-electron chi connectivity index (χ4n) is 2.94. The summed E-state index contributed by atoms with van der Waals surface area (Å²) < 4.78 is 27.6. The van der Waals surface area contributed by atoms with Crippen LogP contribution in [0.25, 0.3) is 0 Å². The van der Waals surface area contributed by atoms with Crippen LogP contribution in [-0.2, 0) is 16.4 Å². The predicted octanol–water partition coefficient (Wildman–Crippen LogP) is 4.81. The number of amides is 1. The average molecular weight is 443 g/mol. The van der Waals surface area contributed by atoms with Crippen LogP contribution >= 0.6 is 11.6 Å². The summed E-state index contributed by atoms with van der Waals surface area (Å²) >= 11 is 6.14. The molecule has 5 nitrogen and oxygen atoms in total. The number of halogens is 1. The van der Waals surface area contributed by atoms with Crippen molar-refractivity contribution in [3.05, 3.63) is 94.5 Å². The lowest BCUT2D eigenvalue weighted by Gasteiger charge is -2.10. The van der Waals surface area contributed by atoms with E-state index < -0.39 is 10.0 Å². The maximum Gasteiger partial charge on any atom is 0.261 e. The van der Waals surface area contributed by atoms with Crippen molar-refractivity contribution in [3.8, 4) is 0 Å². The fourth-order valence-corrected chi connectivity index (χ4v) is 4.22. The molecule has 0 aliphatic heterocycles. The standard InChI is InChI=1S/C23H23ClN2O3S/c1-17-11-13-21(14-12-17)30(28,29)26-20-9-4-7-19(16-20)23(27)25-15-5-8-18-6-2-3-10-22(18)24/h2-4,6-7,9-14,16,26H,5,8,15H2,1H3,(H,25,27). The molecule has 0 fully saturated rings. The Morgan fingerprint density at radius 1 is 0.967 bits per heavy atom. The molecule has 0 aliphatic carbocycles. The van der Waals surface area contributed by atoms with E-state index in [4.69, 9.17) is 11.6 Å². The third-order valence-electron chi connectivity index (χ3n) is 4.57. The first-order valence-electron chi connectivity index (χ1n) is 9.56. The minimum absolute atomic E-state index is 0.169. The van der Waals surface area contributed by atoms with Crippen LogP contribution in [0.3, 0.4) is 0 Å². The number of benzene rings is 3. The van der Waals surface area contributed by atoms with Gasteiger partial charge in [0.05, 0.1) is 4.90 Å². The lowest BCUT2D eigenvalue weighted by atomic mass is 10.1. The van der Waals surface area contributed by atoms with Gasteiger partial charge in [-0.25, -0.2) is 8.42 Å². The van der Waals surface area contributed by atoms with E-state index in [0.29, 0.717) is 17.8 Å². The van der Waals surface area contributed by atoms with E-state index in [9.17, 15) is 13.2 Å². The van der Waals surface area contributed by atoms with Crippen LogP contribution in [0.15, 0.2) is 77.7 Å². The minimum atomic E-state index is -3.72. The summed E-state index contributed by atoms with van der Waals surface area (Å²) in [6, 6.07) is 20.6. The molecule has 1 amide bonds. The normalized spacial score (nSPS) is 11.1. The number of nitrogens with one attached hydrogen (secondary N) is 2. The molecule has 0 aromatic heterocycles. The topological polar surface area (TPSA) is 75.3 Å². The van der Waals surface area contributed by atoms with Crippen molar-refractivity contribution in [2.45, 2.75) is 24.7 Å². The third kappa shape index (κ3) is 5.84. The van der Waals surface area contributed by atoms with E-state index in [2.05, 4.69) is 10.0 Å². The molecule has 3 aromatic carbocycles. The summed E-state index contributed by atoms with van der Waals surface area (Å²) in [5.41, 5.74) is 2.74. The van der Waals surface area contributed by atoms with Crippen molar-refractivity contribution in [1.29, 1.82) is 0 Å². The van der Waals surface area contributed by atoms with Crippen LogP contribution in [0.4, 0.5) is 5.69 Å². The highest BCUT2D eigenvalue weighted by atomic mass is 35.5. The van der Waals surface area contributed by atoms with Crippen LogP contribution in [0.1, 0.15) is 27.9 Å². The van der Waals surface area contributed by atoms with Gasteiger partial charge in [0.15, 0.2) is 0 Å². The van der Waals surface area contributed by atoms with Gasteiger partial charge in [0.25, 0.3) is 15.9 Å². The minimum Gasteiger partial charge on any atom is -0.352 e. The largest absolute Gasteiger partial charge is 0.352 e. The number of hydrogen-bond acceptors (Lipinski definition) is 3. The summed E-state index contributed by atoms with van der Waals surface area (Å²) in [7, 11) is -3.72. The number of anilines is 1. The van der Waals surface area contributed by atoms with Gasteiger partial charge in [-0.05, 0) is 61.7 Å². The zero-order valence-corrected chi connectivity index (χ0v) is 18.1. The van der Waals surface area contributed by atoms with Crippen LogP contribution in [0, 0.1) is 6.92 Å². The Balaban J connectivity index is 1.58. The molecule has 3 rings (SSSR count). The van der Waals surface area contributed by atoms with E-state index in [1.54, 1.807) is 42.5 Å². The monoisotopic (exact) mass is 442 g/mol. The predicted molar refractivity (Wildman–Crippen MR) is 121 cm³/mol. The van der Waals surface area contributed by atoms with Crippen molar-refractivity contribution >= 4 is 33.2 Å². The number of carbonyl (C=O) groups is 1. The summed E-state index contributed by atoms with van der Waals surface area (Å²) in [6.07, 6.45) is 1.51. The van der Waals surface area contributed by atoms with Crippen molar-refractivity contribution in [2.24, 2.45) is 0 Å². The second-order valence-electron chi connectivity index (χ2n) is 6.95. The van der Waals surface area contributed by atoms with Crippen molar-refractivity contribution in [3.63, 3.8) is 0 Å². The molecule has 0 unspecified atom stereocenters. The number of sulfonamides is 1. The van der Waals surface area contributed by atoms with Crippen LogP contribution in [0.2, 0.25) is 5.02 Å². The average Bonchev–Trinajstić information content (AvgIpc) is 2.72. The first-order valence-corrected chi connectivity index (χ1v) is 11.4. The molecule has 7 heteroatoms. The lowest BCUT2D eigenvalue weighted by molar-refractivity contribution is 0.0953. The van der Waals surface area contributed by atoms with Crippen LogP contribution in [0.5, 0.6) is 0 Å². The van der Waals surface area contributed by atoms with E-state index in [-0.39, 0.29) is 10.8 Å². The summed E-state index contributed by atoms with van der Waals surface area (Å²) in [5, 5.41) is 3.58. The Morgan fingerprint density at radius 3 is 2.43 bits per heavy atom. The van der Waals surface area contributed by atoms with Gasteiger partial charge in [0.2, 0.25) is 0 Å². The maximum absolute atomic E-state index is 12.5. The van der Waals surface area contributed by atoms with E-state index in [1.165, 1.54) is 6.07 Å². The molecule has 0 heterocycles. The summed E-state index contributed by atoms with van der Waals surface area (Å²) in [4.78, 5) is 12.6. The van der Waals surface area contributed by atoms with Gasteiger partial charge in [-0.1, -0.05) is 53.6 Å². The zero-order valence-electron chi connectivity index (χ0n) is 16.6. The highest BCUT2D eigenvalue weighted by Crippen LogP contribution is 2.18. The van der Waals surface area contributed by atoms with E-state index in [0.717, 1.165) is 29.0 Å². The number of hydrogen-bond donors (Lipinski definition) is 2. The number of carbonyl (C=O) groups excluding carboxylic acids is 1. The molecule has 0 atom stereocenters. The first-order chi connectivity index (χ1) is 14.3. The van der Waals surface area contributed by atoms with Gasteiger partial charge in [0.1, 0.15) is 0 Å². The highest BCUT2D eigenvalue weighted by Gasteiger charge is 2.15. The molecule has 0 aliphatic rings. The molecule has 3 aromatic rings. The molecule has 0 radical (unpaired) electrons. The number of aryl methyl sites for hydroxylation is 2. The molecule has 0 saturated carbocycles. The van der Waals surface area contributed by atoms with Gasteiger partial charge >= 0.3 is 0 Å². The Morgan fingerprint density at radius 2 is 1.70 bits per heavy atom. The van der Waals surface area contributed by atoms with Crippen molar-refractivity contribution < 1.29 is 13.2 Å². The van der Waals surface area contributed by atoms with Crippen LogP contribution < -0.4 is 10.0 Å². The summed E-state index contributed by atoms with van der Waals surface area (Å²) in [6.45, 7) is 2.38. The zero-order chi connectivity index (χ0) is 21.6. The molecular formula is C23H23ClN2O3S. The smallest absolute Gasteiger partial charge is 0.261 e.